The molecule has 2 aromatic rings. The molecule has 0 saturated carbocycles. The number of anilines is 1. The van der Waals surface area contributed by atoms with E-state index in [0.717, 1.165) is 31.9 Å². The minimum Gasteiger partial charge on any atom is -0.481 e. The van der Waals surface area contributed by atoms with E-state index >= 15 is 0 Å². The molecule has 28 heavy (non-hydrogen) atoms. The van der Waals surface area contributed by atoms with E-state index in [1.807, 2.05) is 0 Å². The predicted molar refractivity (Wildman–Crippen MR) is 105 cm³/mol. The molecule has 0 radical (unpaired) electrons. The van der Waals surface area contributed by atoms with Gasteiger partial charge in [0, 0.05) is 44.3 Å². The second-order valence-electron chi connectivity index (χ2n) is 7.57. The van der Waals surface area contributed by atoms with Crippen molar-refractivity contribution in [2.75, 3.05) is 44.3 Å². The van der Waals surface area contributed by atoms with Crippen LogP contribution in [0.4, 0.5) is 10.1 Å². The van der Waals surface area contributed by atoms with Gasteiger partial charge in [-0.15, -0.1) is 0 Å². The van der Waals surface area contributed by atoms with Gasteiger partial charge in [0.25, 0.3) is 0 Å². The summed E-state index contributed by atoms with van der Waals surface area (Å²) >= 11 is 0. The summed E-state index contributed by atoms with van der Waals surface area (Å²) in [5.41, 5.74) is 3.25. The lowest BCUT2D eigenvalue weighted by atomic mass is 9.89. The molecule has 2 aliphatic heterocycles. The minimum atomic E-state index is -0.793. The summed E-state index contributed by atoms with van der Waals surface area (Å²) in [6.45, 7) is 5.14. The lowest BCUT2D eigenvalue weighted by Crippen LogP contribution is -2.36. The maximum absolute atomic E-state index is 13.2. The number of likely N-dealkylation sites (tertiary alicyclic amines) is 1. The average molecular weight is 384 g/mol. The third kappa shape index (κ3) is 4.18. The van der Waals surface area contributed by atoms with Gasteiger partial charge in [-0.3, -0.25) is 9.69 Å². The number of rotatable bonds is 5. The van der Waals surface area contributed by atoms with E-state index in [1.54, 1.807) is 12.1 Å². The molecule has 0 spiro atoms. The molecule has 0 bridgehead atoms. The molecule has 2 fully saturated rings. The number of hydrogen-bond donors (Lipinski definition) is 1. The Labute approximate surface area is 164 Å². The van der Waals surface area contributed by atoms with Crippen LogP contribution >= 0.6 is 0 Å². The SMILES string of the molecule is O=C(O)[C@@H]1CN(Cc2cccc(N3CCOCC3)c2)C[C@H]1c1ccc(F)cc1. The first-order chi connectivity index (χ1) is 13.6. The smallest absolute Gasteiger partial charge is 0.308 e. The molecule has 6 heteroatoms. The summed E-state index contributed by atoms with van der Waals surface area (Å²) in [5.74, 6) is -1.70. The molecular weight excluding hydrogens is 359 g/mol. The van der Waals surface area contributed by atoms with Crippen LogP contribution in [0.3, 0.4) is 0 Å². The number of ether oxygens (including phenoxy) is 1. The van der Waals surface area contributed by atoms with Crippen LogP contribution < -0.4 is 4.90 Å². The second-order valence-corrected chi connectivity index (χ2v) is 7.57. The molecule has 5 nitrogen and oxygen atoms in total. The van der Waals surface area contributed by atoms with Crippen LogP contribution in [0.25, 0.3) is 0 Å². The van der Waals surface area contributed by atoms with Crippen LogP contribution in [0.1, 0.15) is 17.0 Å². The van der Waals surface area contributed by atoms with Crippen molar-refractivity contribution >= 4 is 11.7 Å². The number of aliphatic carboxylic acids is 1. The van der Waals surface area contributed by atoms with Crippen LogP contribution in [0.2, 0.25) is 0 Å². The number of morpholine rings is 1. The molecule has 1 N–H and O–H groups in total. The summed E-state index contributed by atoms with van der Waals surface area (Å²) in [6, 6.07) is 14.7. The van der Waals surface area contributed by atoms with Crippen LogP contribution in [-0.4, -0.2) is 55.4 Å². The topological polar surface area (TPSA) is 53.0 Å². The normalized spacial score (nSPS) is 23.1. The summed E-state index contributed by atoms with van der Waals surface area (Å²) < 4.78 is 18.7. The molecule has 2 aromatic carbocycles. The van der Waals surface area contributed by atoms with Gasteiger partial charge in [0.05, 0.1) is 19.1 Å². The zero-order valence-electron chi connectivity index (χ0n) is 15.8. The van der Waals surface area contributed by atoms with E-state index in [-0.39, 0.29) is 11.7 Å². The van der Waals surface area contributed by atoms with Gasteiger partial charge in [0.1, 0.15) is 5.82 Å². The third-order valence-corrected chi connectivity index (χ3v) is 5.70. The van der Waals surface area contributed by atoms with Gasteiger partial charge in [-0.1, -0.05) is 24.3 Å². The number of hydrogen-bond acceptors (Lipinski definition) is 4. The fraction of sp³-hybridized carbons (Fsp3) is 0.409. The summed E-state index contributed by atoms with van der Waals surface area (Å²) in [5, 5.41) is 9.68. The first kappa shape index (κ1) is 18.9. The predicted octanol–water partition coefficient (Wildman–Crippen LogP) is 2.96. The molecule has 0 amide bonds. The zero-order chi connectivity index (χ0) is 19.5. The van der Waals surface area contributed by atoms with Gasteiger partial charge in [-0.25, -0.2) is 4.39 Å². The number of benzene rings is 2. The average Bonchev–Trinajstić information content (AvgIpc) is 3.13. The second kappa shape index (κ2) is 8.29. The van der Waals surface area contributed by atoms with Crippen molar-refractivity contribution < 1.29 is 19.0 Å². The van der Waals surface area contributed by atoms with Crippen molar-refractivity contribution in [1.82, 2.24) is 4.90 Å². The standard InChI is InChI=1S/C22H25FN2O3/c23-18-6-4-17(5-7-18)20-14-24(15-21(20)22(26)27)13-16-2-1-3-19(12-16)25-8-10-28-11-9-25/h1-7,12,20-21H,8-11,13-15H2,(H,26,27)/t20-,21+/m0/s1. The Morgan fingerprint density at radius 2 is 1.86 bits per heavy atom. The monoisotopic (exact) mass is 384 g/mol. The van der Waals surface area contributed by atoms with E-state index in [4.69, 9.17) is 4.74 Å². The summed E-state index contributed by atoms with van der Waals surface area (Å²) in [7, 11) is 0. The highest BCUT2D eigenvalue weighted by Gasteiger charge is 2.38. The number of halogens is 1. The lowest BCUT2D eigenvalue weighted by Gasteiger charge is -2.29. The molecule has 2 atom stereocenters. The molecule has 0 aromatic heterocycles. The zero-order valence-corrected chi connectivity index (χ0v) is 15.8. The number of carboxylic acids is 1. The first-order valence-electron chi connectivity index (χ1n) is 9.72. The number of carbonyl (C=O) groups is 1. The van der Waals surface area contributed by atoms with E-state index in [0.29, 0.717) is 19.6 Å². The van der Waals surface area contributed by atoms with E-state index in [9.17, 15) is 14.3 Å². The molecule has 148 valence electrons. The van der Waals surface area contributed by atoms with E-state index in [1.165, 1.54) is 23.4 Å². The van der Waals surface area contributed by atoms with Gasteiger partial charge in [-0.2, -0.15) is 0 Å². The van der Waals surface area contributed by atoms with E-state index in [2.05, 4.69) is 34.1 Å². The molecule has 0 unspecified atom stereocenters. The lowest BCUT2D eigenvalue weighted by molar-refractivity contribution is -0.141. The Bertz CT molecular complexity index is 821. The Balaban J connectivity index is 1.47. The summed E-state index contributed by atoms with van der Waals surface area (Å²) in [6.07, 6.45) is 0. The van der Waals surface area contributed by atoms with Crippen LogP contribution in [0.15, 0.2) is 48.5 Å². The van der Waals surface area contributed by atoms with Gasteiger partial charge < -0.3 is 14.7 Å². The van der Waals surface area contributed by atoms with Gasteiger partial charge >= 0.3 is 5.97 Å². The highest BCUT2D eigenvalue weighted by molar-refractivity contribution is 5.72. The van der Waals surface area contributed by atoms with E-state index < -0.39 is 11.9 Å². The fourth-order valence-electron chi connectivity index (χ4n) is 4.24. The molecule has 2 heterocycles. The maximum atomic E-state index is 13.2. The van der Waals surface area contributed by atoms with Crippen LogP contribution in [-0.2, 0) is 16.1 Å². The summed E-state index contributed by atoms with van der Waals surface area (Å²) in [4.78, 5) is 16.3. The largest absolute Gasteiger partial charge is 0.481 e. The van der Waals surface area contributed by atoms with Gasteiger partial charge in [0.15, 0.2) is 0 Å². The van der Waals surface area contributed by atoms with Crippen LogP contribution in [0.5, 0.6) is 0 Å². The Kier molecular flexibility index (Phi) is 5.59. The minimum absolute atomic E-state index is 0.125. The highest BCUT2D eigenvalue weighted by atomic mass is 19.1. The first-order valence-corrected chi connectivity index (χ1v) is 9.72. The van der Waals surface area contributed by atoms with Crippen molar-refractivity contribution in [2.45, 2.75) is 12.5 Å². The molecule has 0 aliphatic carbocycles. The van der Waals surface area contributed by atoms with Crippen molar-refractivity contribution in [1.29, 1.82) is 0 Å². The highest BCUT2D eigenvalue weighted by Crippen LogP contribution is 2.34. The van der Waals surface area contributed by atoms with Gasteiger partial charge in [-0.05, 0) is 35.4 Å². The van der Waals surface area contributed by atoms with Crippen molar-refractivity contribution in [3.63, 3.8) is 0 Å². The molecule has 2 aliphatic rings. The van der Waals surface area contributed by atoms with Crippen molar-refractivity contribution in [3.05, 3.63) is 65.5 Å². The Morgan fingerprint density at radius 1 is 1.11 bits per heavy atom. The Morgan fingerprint density at radius 3 is 2.57 bits per heavy atom. The maximum Gasteiger partial charge on any atom is 0.308 e. The number of nitrogens with zero attached hydrogens (tertiary/aromatic N) is 2. The Hall–Kier alpha value is -2.44. The van der Waals surface area contributed by atoms with Crippen LogP contribution in [0, 0.1) is 11.7 Å². The van der Waals surface area contributed by atoms with Crippen molar-refractivity contribution in [3.8, 4) is 0 Å². The quantitative estimate of drug-likeness (QED) is 0.859. The van der Waals surface area contributed by atoms with Crippen molar-refractivity contribution in [2.24, 2.45) is 5.92 Å². The molecule has 4 rings (SSSR count). The molecule has 2 saturated heterocycles. The third-order valence-electron chi connectivity index (χ3n) is 5.70. The van der Waals surface area contributed by atoms with Gasteiger partial charge in [0.2, 0.25) is 0 Å². The number of carboxylic acid groups (broad SMARTS) is 1. The molecular formula is C22H25FN2O3. The fourth-order valence-corrected chi connectivity index (χ4v) is 4.24.